The number of thiocarbonyl (C=S) groups is 1. The Morgan fingerprint density at radius 2 is 1.96 bits per heavy atom. The van der Waals surface area contributed by atoms with E-state index in [1.807, 2.05) is 49.4 Å². The number of hydrogen-bond acceptors (Lipinski definition) is 5. The van der Waals surface area contributed by atoms with Crippen LogP contribution < -0.4 is 0 Å². The van der Waals surface area contributed by atoms with Crippen LogP contribution in [0.15, 0.2) is 46.9 Å². The molecule has 3 rings (SSSR count). The summed E-state index contributed by atoms with van der Waals surface area (Å²) in [6.45, 7) is 4.12. The first-order chi connectivity index (χ1) is 12.5. The van der Waals surface area contributed by atoms with Crippen molar-refractivity contribution in [3.63, 3.8) is 0 Å². The Labute approximate surface area is 162 Å². The summed E-state index contributed by atoms with van der Waals surface area (Å²) >= 11 is 6.55. The lowest BCUT2D eigenvalue weighted by molar-refractivity contribution is -0.138. The third-order valence-electron chi connectivity index (χ3n) is 4.08. The van der Waals surface area contributed by atoms with Crippen LogP contribution in [0.2, 0.25) is 0 Å². The van der Waals surface area contributed by atoms with Gasteiger partial charge in [-0.15, -0.1) is 0 Å². The van der Waals surface area contributed by atoms with Gasteiger partial charge in [-0.25, -0.2) is 0 Å². The van der Waals surface area contributed by atoms with E-state index in [1.54, 1.807) is 4.90 Å². The van der Waals surface area contributed by atoms with Crippen molar-refractivity contribution in [2.24, 2.45) is 0 Å². The minimum atomic E-state index is -0.206. The molecule has 0 N–H and O–H groups in total. The Kier molecular flexibility index (Phi) is 6.24. The molecule has 0 aromatic heterocycles. The lowest BCUT2D eigenvalue weighted by Gasteiger charge is -2.28. The van der Waals surface area contributed by atoms with Crippen molar-refractivity contribution in [2.75, 3.05) is 32.8 Å². The smallest absolute Gasteiger partial charge is 0.266 e. The molecule has 0 unspecified atom stereocenters. The maximum absolute atomic E-state index is 12.6. The van der Waals surface area contributed by atoms with Gasteiger partial charge in [-0.3, -0.25) is 14.5 Å². The number of benzene rings is 1. The van der Waals surface area contributed by atoms with Gasteiger partial charge in [0, 0.05) is 13.1 Å². The normalized spacial score (nSPS) is 20.2. The van der Waals surface area contributed by atoms with Gasteiger partial charge in [-0.05, 0) is 24.1 Å². The predicted molar refractivity (Wildman–Crippen MR) is 107 cm³/mol. The molecule has 0 spiro atoms. The van der Waals surface area contributed by atoms with Crippen LogP contribution in [-0.2, 0) is 14.3 Å². The summed E-state index contributed by atoms with van der Waals surface area (Å²) in [5.41, 5.74) is 2.02. The third kappa shape index (κ3) is 4.60. The van der Waals surface area contributed by atoms with E-state index in [1.165, 1.54) is 16.7 Å². The van der Waals surface area contributed by atoms with Crippen LogP contribution in [0.1, 0.15) is 12.5 Å². The highest BCUT2D eigenvalue weighted by Crippen LogP contribution is 2.32. The zero-order valence-electron chi connectivity index (χ0n) is 14.5. The van der Waals surface area contributed by atoms with Crippen LogP contribution in [0, 0.1) is 0 Å². The highest BCUT2D eigenvalue weighted by atomic mass is 32.2. The van der Waals surface area contributed by atoms with Gasteiger partial charge < -0.3 is 9.64 Å². The molecule has 2 saturated heterocycles. The molecule has 2 aliphatic heterocycles. The summed E-state index contributed by atoms with van der Waals surface area (Å²) in [6, 6.07) is 9.90. The standard InChI is InChI=1S/C19H20N2O3S2/c1-14(11-15-5-3-2-4-6-15)12-16-18(23)21(19(25)26-16)13-17(22)20-7-9-24-10-8-20/h2-6,11-12H,7-10,13H2,1H3/b14-11+,16-12+. The van der Waals surface area contributed by atoms with Gasteiger partial charge in [0.1, 0.15) is 10.9 Å². The number of amides is 2. The predicted octanol–water partition coefficient (Wildman–Crippen LogP) is 2.69. The second-order valence-electron chi connectivity index (χ2n) is 6.06. The molecule has 26 heavy (non-hydrogen) atoms. The monoisotopic (exact) mass is 388 g/mol. The Hall–Kier alpha value is -1.96. The lowest BCUT2D eigenvalue weighted by Crippen LogP contribution is -2.46. The summed E-state index contributed by atoms with van der Waals surface area (Å²) < 4.78 is 5.68. The van der Waals surface area contributed by atoms with Crippen molar-refractivity contribution in [1.82, 2.24) is 9.80 Å². The molecule has 0 atom stereocenters. The fourth-order valence-corrected chi connectivity index (χ4v) is 4.05. The van der Waals surface area contributed by atoms with Crippen molar-refractivity contribution >= 4 is 46.2 Å². The molecule has 5 nitrogen and oxygen atoms in total. The largest absolute Gasteiger partial charge is 0.378 e. The Morgan fingerprint density at radius 3 is 2.65 bits per heavy atom. The SMILES string of the molecule is CC(=C\c1ccccc1)/C=C1/SC(=S)N(CC(=O)N2CCOCC2)C1=O. The average molecular weight is 389 g/mol. The third-order valence-corrected chi connectivity index (χ3v) is 5.46. The maximum atomic E-state index is 12.6. The molecule has 1 aromatic rings. The summed E-state index contributed by atoms with van der Waals surface area (Å²) in [6.07, 6.45) is 3.83. The van der Waals surface area contributed by atoms with Crippen molar-refractivity contribution < 1.29 is 14.3 Å². The molecule has 2 aliphatic rings. The summed E-state index contributed by atoms with van der Waals surface area (Å²) in [5, 5.41) is 0. The first-order valence-electron chi connectivity index (χ1n) is 8.39. The molecule has 0 bridgehead atoms. The zero-order chi connectivity index (χ0) is 18.5. The number of morpholine rings is 1. The van der Waals surface area contributed by atoms with E-state index < -0.39 is 0 Å². The number of hydrogen-bond donors (Lipinski definition) is 0. The maximum Gasteiger partial charge on any atom is 0.266 e. The van der Waals surface area contributed by atoms with Crippen molar-refractivity contribution in [2.45, 2.75) is 6.92 Å². The number of ether oxygens (including phenoxy) is 1. The van der Waals surface area contributed by atoms with E-state index in [-0.39, 0.29) is 18.4 Å². The van der Waals surface area contributed by atoms with Crippen LogP contribution in [0.25, 0.3) is 6.08 Å². The van der Waals surface area contributed by atoms with E-state index in [0.717, 1.165) is 11.1 Å². The second kappa shape index (κ2) is 8.62. The summed E-state index contributed by atoms with van der Waals surface area (Å²) in [7, 11) is 0. The van der Waals surface area contributed by atoms with E-state index in [9.17, 15) is 9.59 Å². The van der Waals surface area contributed by atoms with E-state index in [0.29, 0.717) is 35.5 Å². The van der Waals surface area contributed by atoms with E-state index in [4.69, 9.17) is 17.0 Å². The Balaban J connectivity index is 1.68. The highest BCUT2D eigenvalue weighted by Gasteiger charge is 2.34. The first kappa shape index (κ1) is 18.8. The zero-order valence-corrected chi connectivity index (χ0v) is 16.1. The number of thioether (sulfide) groups is 1. The molecule has 0 radical (unpaired) electrons. The number of nitrogens with zero attached hydrogens (tertiary/aromatic N) is 2. The molecular weight excluding hydrogens is 368 g/mol. The molecule has 136 valence electrons. The topological polar surface area (TPSA) is 49.9 Å². The molecular formula is C19H20N2O3S2. The van der Waals surface area contributed by atoms with Crippen molar-refractivity contribution in [1.29, 1.82) is 0 Å². The van der Waals surface area contributed by atoms with Gasteiger partial charge >= 0.3 is 0 Å². The molecule has 2 fully saturated rings. The van der Waals surface area contributed by atoms with Crippen LogP contribution in [0.4, 0.5) is 0 Å². The summed E-state index contributed by atoms with van der Waals surface area (Å²) in [5.74, 6) is -0.301. The molecule has 2 amide bonds. The minimum Gasteiger partial charge on any atom is -0.378 e. The molecule has 0 aliphatic carbocycles. The molecule has 2 heterocycles. The Bertz CT molecular complexity index is 768. The fraction of sp³-hybridized carbons (Fsp3) is 0.316. The quantitative estimate of drug-likeness (QED) is 0.586. The number of carbonyl (C=O) groups is 2. The van der Waals surface area contributed by atoms with Gasteiger partial charge in [-0.1, -0.05) is 60.4 Å². The highest BCUT2D eigenvalue weighted by molar-refractivity contribution is 8.26. The molecule has 7 heteroatoms. The first-order valence-corrected chi connectivity index (χ1v) is 9.61. The second-order valence-corrected chi connectivity index (χ2v) is 7.74. The number of allylic oxidation sites excluding steroid dienone is 2. The molecule has 1 aromatic carbocycles. The van der Waals surface area contributed by atoms with Crippen molar-refractivity contribution in [3.8, 4) is 0 Å². The molecule has 0 saturated carbocycles. The van der Waals surface area contributed by atoms with E-state index >= 15 is 0 Å². The summed E-state index contributed by atoms with van der Waals surface area (Å²) in [4.78, 5) is 28.7. The minimum absolute atomic E-state index is 0.0105. The average Bonchev–Trinajstić information content (AvgIpc) is 2.90. The lowest BCUT2D eigenvalue weighted by atomic mass is 10.1. The van der Waals surface area contributed by atoms with Crippen LogP contribution in [0.3, 0.4) is 0 Å². The van der Waals surface area contributed by atoms with Gasteiger partial charge in [0.25, 0.3) is 5.91 Å². The van der Waals surface area contributed by atoms with Crippen LogP contribution in [-0.4, -0.2) is 58.8 Å². The van der Waals surface area contributed by atoms with Crippen LogP contribution >= 0.6 is 24.0 Å². The van der Waals surface area contributed by atoms with Crippen molar-refractivity contribution in [3.05, 3.63) is 52.4 Å². The van der Waals surface area contributed by atoms with Gasteiger partial charge in [-0.2, -0.15) is 0 Å². The number of carbonyl (C=O) groups excluding carboxylic acids is 2. The van der Waals surface area contributed by atoms with Gasteiger partial charge in [0.15, 0.2) is 0 Å². The number of rotatable bonds is 4. The Morgan fingerprint density at radius 1 is 1.27 bits per heavy atom. The van der Waals surface area contributed by atoms with Gasteiger partial charge in [0.05, 0.1) is 18.1 Å². The van der Waals surface area contributed by atoms with E-state index in [2.05, 4.69) is 0 Å². The fourth-order valence-electron chi connectivity index (χ4n) is 2.74. The van der Waals surface area contributed by atoms with Crippen LogP contribution in [0.5, 0.6) is 0 Å². The van der Waals surface area contributed by atoms with Gasteiger partial charge in [0.2, 0.25) is 5.91 Å².